The number of hydrogen-bond acceptors (Lipinski definition) is 4. The van der Waals surface area contributed by atoms with Crippen molar-refractivity contribution in [2.45, 2.75) is 13.3 Å². The molecule has 0 bridgehead atoms. The van der Waals surface area contributed by atoms with Crippen molar-refractivity contribution in [3.63, 3.8) is 0 Å². The smallest absolute Gasteiger partial charge is 0.338 e. The minimum absolute atomic E-state index is 0.318. The highest BCUT2D eigenvalue weighted by atomic mass is 16.5. The van der Waals surface area contributed by atoms with Crippen molar-refractivity contribution in [3.8, 4) is 0 Å². The summed E-state index contributed by atoms with van der Waals surface area (Å²) in [6.45, 7) is 2.22. The number of carboxylic acids is 1. The molecule has 6 heteroatoms. The lowest BCUT2D eigenvalue weighted by molar-refractivity contribution is -0.131. The van der Waals surface area contributed by atoms with Gasteiger partial charge in [0.05, 0.1) is 12.2 Å². The Bertz CT molecular complexity index is 536. The maximum atomic E-state index is 11.6. The second-order valence-corrected chi connectivity index (χ2v) is 3.88. The molecule has 6 nitrogen and oxygen atoms in total. The molecule has 0 aliphatic heterocycles. The number of ether oxygens (including phenoxy) is 1. The molecule has 20 heavy (non-hydrogen) atoms. The summed E-state index contributed by atoms with van der Waals surface area (Å²) in [5.74, 6) is -2.27. The number of esters is 1. The van der Waals surface area contributed by atoms with Gasteiger partial charge in [0.1, 0.15) is 0 Å². The van der Waals surface area contributed by atoms with Gasteiger partial charge < -0.3 is 15.2 Å². The molecule has 106 valence electrons. The summed E-state index contributed by atoms with van der Waals surface area (Å²) < 4.78 is 4.97. The van der Waals surface area contributed by atoms with Gasteiger partial charge in [0.15, 0.2) is 0 Å². The summed E-state index contributed by atoms with van der Waals surface area (Å²) in [7, 11) is 0. The summed E-state index contributed by atoms with van der Waals surface area (Å²) in [6.07, 6.45) is 2.35. The SMILES string of the molecule is CCCOC(=O)c1cccc(NC(=O)/C=C/C(=O)O)c1. The zero-order valence-corrected chi connectivity index (χ0v) is 11.0. The molecular formula is C14H15NO5. The third-order valence-corrected chi connectivity index (χ3v) is 2.18. The summed E-state index contributed by atoms with van der Waals surface area (Å²) >= 11 is 0. The lowest BCUT2D eigenvalue weighted by Crippen LogP contribution is -2.10. The van der Waals surface area contributed by atoms with Crippen LogP contribution in [0.5, 0.6) is 0 Å². The van der Waals surface area contributed by atoms with Gasteiger partial charge in [-0.1, -0.05) is 13.0 Å². The van der Waals surface area contributed by atoms with Crippen LogP contribution in [-0.4, -0.2) is 29.6 Å². The van der Waals surface area contributed by atoms with E-state index in [0.717, 1.165) is 18.6 Å². The maximum Gasteiger partial charge on any atom is 0.338 e. The van der Waals surface area contributed by atoms with Crippen molar-refractivity contribution < 1.29 is 24.2 Å². The predicted octanol–water partition coefficient (Wildman–Crippen LogP) is 1.83. The van der Waals surface area contributed by atoms with Crippen molar-refractivity contribution in [1.29, 1.82) is 0 Å². The van der Waals surface area contributed by atoms with Crippen LogP contribution in [0.2, 0.25) is 0 Å². The fourth-order valence-electron chi connectivity index (χ4n) is 1.33. The summed E-state index contributed by atoms with van der Waals surface area (Å²) in [4.78, 5) is 33.3. The van der Waals surface area contributed by atoms with E-state index in [-0.39, 0.29) is 0 Å². The Morgan fingerprint density at radius 3 is 2.70 bits per heavy atom. The van der Waals surface area contributed by atoms with Gasteiger partial charge in [-0.2, -0.15) is 0 Å². The Hall–Kier alpha value is -2.63. The normalized spacial score (nSPS) is 10.2. The molecule has 1 aromatic carbocycles. The number of nitrogens with one attached hydrogen (secondary N) is 1. The zero-order valence-electron chi connectivity index (χ0n) is 11.0. The van der Waals surface area contributed by atoms with Gasteiger partial charge in [0.2, 0.25) is 5.91 Å². The molecule has 1 aromatic rings. The Kier molecular flexibility index (Phi) is 5.96. The fraction of sp³-hybridized carbons (Fsp3) is 0.214. The van der Waals surface area contributed by atoms with E-state index in [0.29, 0.717) is 17.9 Å². The van der Waals surface area contributed by atoms with E-state index >= 15 is 0 Å². The lowest BCUT2D eigenvalue weighted by Gasteiger charge is -2.06. The van der Waals surface area contributed by atoms with Crippen molar-refractivity contribution >= 4 is 23.5 Å². The molecule has 0 aliphatic carbocycles. The van der Waals surface area contributed by atoms with Crippen LogP contribution >= 0.6 is 0 Å². The van der Waals surface area contributed by atoms with Crippen molar-refractivity contribution in [1.82, 2.24) is 0 Å². The molecule has 0 aliphatic rings. The molecule has 0 spiro atoms. The number of rotatable bonds is 6. The second-order valence-electron chi connectivity index (χ2n) is 3.88. The highest BCUT2D eigenvalue weighted by Crippen LogP contribution is 2.12. The monoisotopic (exact) mass is 277 g/mol. The number of hydrogen-bond donors (Lipinski definition) is 2. The number of benzene rings is 1. The average Bonchev–Trinajstić information content (AvgIpc) is 2.42. The predicted molar refractivity (Wildman–Crippen MR) is 72.4 cm³/mol. The van der Waals surface area contributed by atoms with Crippen LogP contribution in [0.4, 0.5) is 5.69 Å². The Morgan fingerprint density at radius 1 is 1.30 bits per heavy atom. The molecule has 0 saturated carbocycles. The number of anilines is 1. The van der Waals surface area contributed by atoms with E-state index in [4.69, 9.17) is 9.84 Å². The lowest BCUT2D eigenvalue weighted by atomic mass is 10.2. The fourth-order valence-corrected chi connectivity index (χ4v) is 1.33. The van der Waals surface area contributed by atoms with Gasteiger partial charge in [0.25, 0.3) is 0 Å². The number of aliphatic carboxylic acids is 1. The molecule has 0 fully saturated rings. The van der Waals surface area contributed by atoms with Crippen LogP contribution < -0.4 is 5.32 Å². The molecule has 1 rings (SSSR count). The third kappa shape index (κ3) is 5.34. The maximum absolute atomic E-state index is 11.6. The van der Waals surface area contributed by atoms with Crippen LogP contribution in [0, 0.1) is 0 Å². The zero-order chi connectivity index (χ0) is 15.0. The second kappa shape index (κ2) is 7.73. The molecule has 0 radical (unpaired) electrons. The van der Waals surface area contributed by atoms with Gasteiger partial charge in [-0.15, -0.1) is 0 Å². The first-order valence-corrected chi connectivity index (χ1v) is 6.02. The number of carboxylic acid groups (broad SMARTS) is 1. The largest absolute Gasteiger partial charge is 0.478 e. The van der Waals surface area contributed by atoms with E-state index in [2.05, 4.69) is 5.32 Å². The van der Waals surface area contributed by atoms with Gasteiger partial charge >= 0.3 is 11.9 Å². The Labute approximate surface area is 116 Å². The first-order valence-electron chi connectivity index (χ1n) is 6.02. The van der Waals surface area contributed by atoms with Crippen LogP contribution in [-0.2, 0) is 14.3 Å². The Balaban J connectivity index is 2.70. The minimum atomic E-state index is -1.21. The topological polar surface area (TPSA) is 92.7 Å². The molecular weight excluding hydrogens is 262 g/mol. The molecule has 0 atom stereocenters. The molecule has 1 amide bonds. The number of carbonyl (C=O) groups excluding carboxylic acids is 2. The average molecular weight is 277 g/mol. The van der Waals surface area contributed by atoms with E-state index in [1.165, 1.54) is 6.07 Å². The molecule has 0 aromatic heterocycles. The Morgan fingerprint density at radius 2 is 2.05 bits per heavy atom. The minimum Gasteiger partial charge on any atom is -0.478 e. The molecule has 0 heterocycles. The van der Waals surface area contributed by atoms with Gasteiger partial charge in [-0.25, -0.2) is 9.59 Å². The van der Waals surface area contributed by atoms with Gasteiger partial charge in [0, 0.05) is 17.8 Å². The summed E-state index contributed by atoms with van der Waals surface area (Å²) in [5.41, 5.74) is 0.703. The van der Waals surface area contributed by atoms with Crippen LogP contribution in [0.1, 0.15) is 23.7 Å². The van der Waals surface area contributed by atoms with E-state index in [1.54, 1.807) is 18.2 Å². The molecule has 0 unspecified atom stereocenters. The third-order valence-electron chi connectivity index (χ3n) is 2.18. The standard InChI is InChI=1S/C14H15NO5/c1-2-8-20-14(19)10-4-3-5-11(9-10)15-12(16)6-7-13(17)18/h3-7,9H,2,8H2,1H3,(H,15,16)(H,17,18)/b7-6+. The van der Waals surface area contributed by atoms with Crippen LogP contribution in [0.15, 0.2) is 36.4 Å². The summed E-state index contributed by atoms with van der Waals surface area (Å²) in [6, 6.07) is 6.22. The van der Waals surface area contributed by atoms with Crippen molar-refractivity contribution in [2.24, 2.45) is 0 Å². The van der Waals surface area contributed by atoms with Crippen LogP contribution in [0.3, 0.4) is 0 Å². The number of amides is 1. The van der Waals surface area contributed by atoms with Gasteiger partial charge in [-0.3, -0.25) is 4.79 Å². The first kappa shape index (κ1) is 15.4. The van der Waals surface area contributed by atoms with Gasteiger partial charge in [-0.05, 0) is 24.6 Å². The van der Waals surface area contributed by atoms with Crippen molar-refractivity contribution in [3.05, 3.63) is 42.0 Å². The molecule has 2 N–H and O–H groups in total. The van der Waals surface area contributed by atoms with E-state index < -0.39 is 17.8 Å². The van der Waals surface area contributed by atoms with E-state index in [1.807, 2.05) is 6.92 Å². The number of carbonyl (C=O) groups is 3. The highest BCUT2D eigenvalue weighted by molar-refractivity contribution is 6.03. The quantitative estimate of drug-likeness (QED) is 0.611. The van der Waals surface area contributed by atoms with E-state index in [9.17, 15) is 14.4 Å². The van der Waals surface area contributed by atoms with Crippen molar-refractivity contribution in [2.75, 3.05) is 11.9 Å². The summed E-state index contributed by atoms with van der Waals surface area (Å²) in [5, 5.41) is 10.9. The molecule has 0 saturated heterocycles. The van der Waals surface area contributed by atoms with Crippen LogP contribution in [0.25, 0.3) is 0 Å². The first-order chi connectivity index (χ1) is 9.52. The highest BCUT2D eigenvalue weighted by Gasteiger charge is 2.08.